The molecule has 1 aliphatic carbocycles. The first-order valence-electron chi connectivity index (χ1n) is 16.6. The number of hydrogen-bond acceptors (Lipinski definition) is 10. The number of rotatable bonds is 12. The maximum absolute atomic E-state index is 13.0. The van der Waals surface area contributed by atoms with Crippen LogP contribution in [0.3, 0.4) is 0 Å². The predicted molar refractivity (Wildman–Crippen MR) is 201 cm³/mol. The minimum atomic E-state index is -1.06. The van der Waals surface area contributed by atoms with Crippen LogP contribution in [0, 0.1) is 5.92 Å². The number of nitrogens with zero attached hydrogens (tertiary/aromatic N) is 2. The summed E-state index contributed by atoms with van der Waals surface area (Å²) >= 11 is 3.28. The van der Waals surface area contributed by atoms with Crippen LogP contribution in [0.5, 0.6) is 23.3 Å². The number of amides is 1. The number of carboxylic acid groups (broad SMARTS) is 1. The van der Waals surface area contributed by atoms with E-state index in [1.54, 1.807) is 60.1 Å². The molecule has 3 aromatic carbocycles. The first-order chi connectivity index (χ1) is 25.3. The number of benzene rings is 3. The standard InChI is InChI=1S/C27H28N2O4S.C13H11NO3S/c1-34-23-15-13-22(14-16-23)33-26-24(8-5-17-28-26)25(30)29-21-11-9-20(10-12-21)27(31)32-18-19-6-3-2-4-7-19;1-18-10-6-4-9(5-7-10)17-12-11(13(15)16)3-2-8-14-12/h2-8,13-17,20-21H,9-12,18H2,1H3,(H,29,30);2-8H,1H3,(H,15,16). The number of carboxylic acids is 1. The van der Waals surface area contributed by atoms with Gasteiger partial charge >= 0.3 is 11.9 Å². The highest BCUT2D eigenvalue weighted by Crippen LogP contribution is 2.29. The van der Waals surface area contributed by atoms with Crippen LogP contribution in [0.1, 0.15) is 52.0 Å². The highest BCUT2D eigenvalue weighted by molar-refractivity contribution is 7.98. The Kier molecular flexibility index (Phi) is 14.1. The zero-order valence-electron chi connectivity index (χ0n) is 28.8. The lowest BCUT2D eigenvalue weighted by Gasteiger charge is -2.28. The fraction of sp³-hybridized carbons (Fsp3) is 0.225. The van der Waals surface area contributed by atoms with Crippen molar-refractivity contribution < 1.29 is 33.7 Å². The summed E-state index contributed by atoms with van der Waals surface area (Å²) in [5, 5.41) is 12.1. The molecule has 1 aliphatic rings. The topological polar surface area (TPSA) is 137 Å². The number of ether oxygens (including phenoxy) is 3. The van der Waals surface area contributed by atoms with Crippen LogP contribution in [0.2, 0.25) is 0 Å². The van der Waals surface area contributed by atoms with E-state index in [4.69, 9.17) is 19.3 Å². The smallest absolute Gasteiger partial charge is 0.341 e. The Morgan fingerprint density at radius 1 is 0.692 bits per heavy atom. The molecule has 12 heteroatoms. The number of esters is 1. The van der Waals surface area contributed by atoms with Crippen LogP contribution in [-0.2, 0) is 16.1 Å². The summed E-state index contributed by atoms with van der Waals surface area (Å²) < 4.78 is 16.8. The molecule has 1 saturated carbocycles. The van der Waals surface area contributed by atoms with Crippen molar-refractivity contribution in [2.45, 2.75) is 48.1 Å². The van der Waals surface area contributed by atoms with Gasteiger partial charge < -0.3 is 24.6 Å². The zero-order chi connectivity index (χ0) is 36.7. The molecule has 0 aliphatic heterocycles. The Morgan fingerprint density at radius 3 is 1.73 bits per heavy atom. The fourth-order valence-electron chi connectivity index (χ4n) is 5.37. The van der Waals surface area contributed by atoms with Crippen LogP contribution >= 0.6 is 23.5 Å². The van der Waals surface area contributed by atoms with Gasteiger partial charge in [0.2, 0.25) is 11.8 Å². The zero-order valence-corrected chi connectivity index (χ0v) is 30.4. The molecule has 1 fully saturated rings. The molecule has 2 N–H and O–H groups in total. The number of pyridine rings is 2. The second-order valence-electron chi connectivity index (χ2n) is 11.7. The summed E-state index contributed by atoms with van der Waals surface area (Å²) in [6.07, 6.45) is 9.93. The third-order valence-electron chi connectivity index (χ3n) is 8.18. The van der Waals surface area contributed by atoms with Crippen LogP contribution < -0.4 is 14.8 Å². The number of hydrogen-bond donors (Lipinski definition) is 2. The van der Waals surface area contributed by atoms with Gasteiger partial charge in [-0.1, -0.05) is 30.3 Å². The van der Waals surface area contributed by atoms with Gasteiger partial charge in [0.05, 0.1) is 5.92 Å². The van der Waals surface area contributed by atoms with Gasteiger partial charge in [-0.25, -0.2) is 14.8 Å². The lowest BCUT2D eigenvalue weighted by atomic mass is 9.86. The minimum Gasteiger partial charge on any atom is -0.477 e. The van der Waals surface area contributed by atoms with Gasteiger partial charge in [-0.2, -0.15) is 0 Å². The Labute approximate surface area is 311 Å². The Morgan fingerprint density at radius 2 is 1.21 bits per heavy atom. The molecule has 52 heavy (non-hydrogen) atoms. The molecule has 268 valence electrons. The number of carbonyl (C=O) groups is 3. The molecule has 5 aromatic rings. The van der Waals surface area contributed by atoms with Gasteiger partial charge in [0, 0.05) is 28.2 Å². The molecule has 2 aromatic heterocycles. The second kappa shape index (κ2) is 19.3. The van der Waals surface area contributed by atoms with Crippen LogP contribution in [0.4, 0.5) is 0 Å². The van der Waals surface area contributed by atoms with Crippen molar-refractivity contribution >= 4 is 41.4 Å². The number of carbonyl (C=O) groups excluding carboxylic acids is 2. The maximum Gasteiger partial charge on any atom is 0.341 e. The number of aromatic carboxylic acids is 1. The van der Waals surface area contributed by atoms with E-state index in [2.05, 4.69) is 15.3 Å². The van der Waals surface area contributed by atoms with Crippen molar-refractivity contribution in [2.75, 3.05) is 12.5 Å². The third kappa shape index (κ3) is 11.1. The molecule has 1 amide bonds. The summed E-state index contributed by atoms with van der Waals surface area (Å²) in [6, 6.07) is 31.2. The Hall–Kier alpha value is -5.33. The van der Waals surface area contributed by atoms with Crippen molar-refractivity contribution in [3.8, 4) is 23.3 Å². The van der Waals surface area contributed by atoms with Crippen LogP contribution in [0.15, 0.2) is 125 Å². The summed E-state index contributed by atoms with van der Waals surface area (Å²) in [6.45, 7) is 0.292. The van der Waals surface area contributed by atoms with E-state index in [0.717, 1.165) is 28.2 Å². The molecular formula is C40H39N3O7S2. The molecule has 0 saturated heterocycles. The van der Waals surface area contributed by atoms with E-state index in [0.29, 0.717) is 36.5 Å². The lowest BCUT2D eigenvalue weighted by Crippen LogP contribution is -2.39. The maximum atomic E-state index is 13.0. The Balaban J connectivity index is 0.000000244. The monoisotopic (exact) mass is 737 g/mol. The van der Waals surface area contributed by atoms with E-state index >= 15 is 0 Å². The predicted octanol–water partition coefficient (Wildman–Crippen LogP) is 8.92. The van der Waals surface area contributed by atoms with E-state index in [1.807, 2.05) is 79.2 Å². The van der Waals surface area contributed by atoms with E-state index in [-0.39, 0.29) is 41.2 Å². The molecule has 2 heterocycles. The van der Waals surface area contributed by atoms with E-state index in [1.165, 1.54) is 12.3 Å². The summed E-state index contributed by atoms with van der Waals surface area (Å²) in [5.41, 5.74) is 1.42. The number of nitrogens with one attached hydrogen (secondary N) is 1. The highest BCUT2D eigenvalue weighted by atomic mass is 32.2. The molecule has 0 unspecified atom stereocenters. The molecular weight excluding hydrogens is 699 g/mol. The van der Waals surface area contributed by atoms with E-state index < -0.39 is 5.97 Å². The van der Waals surface area contributed by atoms with Crippen molar-refractivity contribution in [3.05, 3.63) is 132 Å². The normalized spacial score (nSPS) is 15.0. The molecule has 10 nitrogen and oxygen atoms in total. The SMILES string of the molecule is CSc1ccc(Oc2ncccc2C(=O)NC2CCC(C(=O)OCc3ccccc3)CC2)cc1.CSc1ccc(Oc2ncccc2C(=O)O)cc1. The largest absolute Gasteiger partial charge is 0.477 e. The number of thioether (sulfide) groups is 2. The van der Waals surface area contributed by atoms with Crippen LogP contribution in [-0.4, -0.2) is 51.5 Å². The minimum absolute atomic E-state index is 0.000378. The highest BCUT2D eigenvalue weighted by Gasteiger charge is 2.29. The van der Waals surface area contributed by atoms with Gasteiger partial charge in [0.25, 0.3) is 5.91 Å². The van der Waals surface area contributed by atoms with Crippen molar-refractivity contribution in [2.24, 2.45) is 5.92 Å². The van der Waals surface area contributed by atoms with Gasteiger partial charge in [-0.3, -0.25) is 9.59 Å². The van der Waals surface area contributed by atoms with Gasteiger partial charge in [0.1, 0.15) is 29.2 Å². The van der Waals surface area contributed by atoms with Crippen molar-refractivity contribution in [3.63, 3.8) is 0 Å². The molecule has 0 radical (unpaired) electrons. The first-order valence-corrected chi connectivity index (χ1v) is 19.1. The lowest BCUT2D eigenvalue weighted by molar-refractivity contribution is -0.151. The van der Waals surface area contributed by atoms with Crippen molar-refractivity contribution in [1.29, 1.82) is 0 Å². The average molecular weight is 738 g/mol. The third-order valence-corrected chi connectivity index (χ3v) is 9.67. The molecule has 0 atom stereocenters. The average Bonchev–Trinajstić information content (AvgIpc) is 3.19. The number of aromatic nitrogens is 2. The molecule has 0 spiro atoms. The van der Waals surface area contributed by atoms with Gasteiger partial charge in [-0.05, 0) is 117 Å². The quantitative estimate of drug-likeness (QED) is 0.0938. The summed E-state index contributed by atoms with van der Waals surface area (Å²) in [5.74, 6) is -0.00806. The fourth-order valence-corrected chi connectivity index (χ4v) is 6.19. The second-order valence-corrected chi connectivity index (χ2v) is 13.4. The van der Waals surface area contributed by atoms with Crippen LogP contribution in [0.25, 0.3) is 0 Å². The first kappa shape index (κ1) is 37.9. The van der Waals surface area contributed by atoms with Crippen molar-refractivity contribution in [1.82, 2.24) is 15.3 Å². The summed E-state index contributed by atoms with van der Waals surface area (Å²) in [7, 11) is 0. The molecule has 0 bridgehead atoms. The molecule has 6 rings (SSSR count). The van der Waals surface area contributed by atoms with Gasteiger partial charge in [-0.15, -0.1) is 23.5 Å². The van der Waals surface area contributed by atoms with E-state index in [9.17, 15) is 14.4 Å². The Bertz CT molecular complexity index is 1920. The van der Waals surface area contributed by atoms with Gasteiger partial charge in [0.15, 0.2) is 0 Å². The summed E-state index contributed by atoms with van der Waals surface area (Å²) in [4.78, 5) is 46.8.